The quantitative estimate of drug-likeness (QED) is 0.865. The van der Waals surface area contributed by atoms with E-state index in [1.807, 2.05) is 12.1 Å². The smallest absolute Gasteiger partial charge is 0.226 e. The summed E-state index contributed by atoms with van der Waals surface area (Å²) in [6.07, 6.45) is 8.11. The van der Waals surface area contributed by atoms with Gasteiger partial charge in [-0.25, -0.2) is 0 Å². The standard InChI is InChI=1S/C21H30N2O2.ClH/c1-25-17-8-6-16(7-9-17)19-5-3-2-4-14-23(19)20(24)18-15-21(18)10-12-22-13-11-21;/h6-9,18-19,22H,2-5,10-15H2,1H3;1H. The van der Waals surface area contributed by atoms with Crippen molar-refractivity contribution in [3.8, 4) is 5.75 Å². The number of halogens is 1. The summed E-state index contributed by atoms with van der Waals surface area (Å²) in [4.78, 5) is 15.6. The predicted octanol–water partition coefficient (Wildman–Crippen LogP) is 3.95. The average Bonchev–Trinajstić information content (AvgIpc) is 3.40. The molecule has 1 amide bonds. The highest BCUT2D eigenvalue weighted by Crippen LogP contribution is 2.59. The minimum absolute atomic E-state index is 0. The summed E-state index contributed by atoms with van der Waals surface area (Å²) in [5, 5.41) is 3.44. The number of ether oxygens (including phenoxy) is 1. The van der Waals surface area contributed by atoms with Gasteiger partial charge in [-0.05, 0) is 68.3 Å². The van der Waals surface area contributed by atoms with Crippen LogP contribution in [0, 0.1) is 11.3 Å². The Morgan fingerprint density at radius 2 is 1.88 bits per heavy atom. The maximum Gasteiger partial charge on any atom is 0.226 e. The molecule has 2 heterocycles. The van der Waals surface area contributed by atoms with Gasteiger partial charge in [-0.15, -0.1) is 12.4 Å². The Balaban J connectivity index is 0.00000196. The summed E-state index contributed by atoms with van der Waals surface area (Å²) in [7, 11) is 1.70. The molecule has 3 fully saturated rings. The van der Waals surface area contributed by atoms with E-state index in [4.69, 9.17) is 4.74 Å². The zero-order chi connectivity index (χ0) is 17.3. The Morgan fingerprint density at radius 3 is 2.58 bits per heavy atom. The van der Waals surface area contributed by atoms with Crippen LogP contribution < -0.4 is 10.1 Å². The Kier molecular flexibility index (Phi) is 6.13. The molecule has 4 nitrogen and oxygen atoms in total. The molecule has 2 unspecified atom stereocenters. The molecular formula is C21H31ClN2O2. The van der Waals surface area contributed by atoms with Crippen LogP contribution in [-0.4, -0.2) is 37.6 Å². The van der Waals surface area contributed by atoms with Gasteiger partial charge in [0.15, 0.2) is 0 Å². The van der Waals surface area contributed by atoms with Crippen molar-refractivity contribution in [2.75, 3.05) is 26.7 Å². The van der Waals surface area contributed by atoms with Gasteiger partial charge in [-0.2, -0.15) is 0 Å². The van der Waals surface area contributed by atoms with Crippen LogP contribution in [0.4, 0.5) is 0 Å². The Labute approximate surface area is 163 Å². The third kappa shape index (κ3) is 3.72. The van der Waals surface area contributed by atoms with E-state index >= 15 is 0 Å². The van der Waals surface area contributed by atoms with Gasteiger partial charge in [0.25, 0.3) is 0 Å². The summed E-state index contributed by atoms with van der Waals surface area (Å²) < 4.78 is 5.29. The highest BCUT2D eigenvalue weighted by Gasteiger charge is 2.59. The zero-order valence-corrected chi connectivity index (χ0v) is 16.5. The summed E-state index contributed by atoms with van der Waals surface area (Å²) >= 11 is 0. The number of amides is 1. The van der Waals surface area contributed by atoms with Gasteiger partial charge >= 0.3 is 0 Å². The van der Waals surface area contributed by atoms with E-state index in [1.54, 1.807) is 7.11 Å². The minimum Gasteiger partial charge on any atom is -0.497 e. The lowest BCUT2D eigenvalue weighted by Gasteiger charge is -2.32. The van der Waals surface area contributed by atoms with Crippen molar-refractivity contribution in [3.05, 3.63) is 29.8 Å². The number of hydrogen-bond donors (Lipinski definition) is 1. The van der Waals surface area contributed by atoms with Crippen molar-refractivity contribution < 1.29 is 9.53 Å². The average molecular weight is 379 g/mol. The lowest BCUT2D eigenvalue weighted by Crippen LogP contribution is -2.38. The maximum atomic E-state index is 13.4. The molecule has 1 N–H and O–H groups in total. The second-order valence-corrected chi connectivity index (χ2v) is 8.04. The van der Waals surface area contributed by atoms with Crippen LogP contribution in [0.5, 0.6) is 5.75 Å². The summed E-state index contributed by atoms with van der Waals surface area (Å²) in [6.45, 7) is 3.07. The fourth-order valence-corrected chi connectivity index (χ4v) is 4.92. The van der Waals surface area contributed by atoms with Crippen LogP contribution in [0.1, 0.15) is 56.6 Å². The molecule has 3 aliphatic rings. The van der Waals surface area contributed by atoms with Crippen molar-refractivity contribution in [1.82, 2.24) is 10.2 Å². The molecule has 1 saturated carbocycles. The first-order chi connectivity index (χ1) is 12.2. The van der Waals surface area contributed by atoms with Crippen molar-refractivity contribution in [2.45, 2.75) is 51.0 Å². The third-order valence-electron chi connectivity index (χ3n) is 6.62. The van der Waals surface area contributed by atoms with Gasteiger partial charge in [0.05, 0.1) is 13.2 Å². The Morgan fingerprint density at radius 1 is 1.15 bits per heavy atom. The number of carbonyl (C=O) groups excluding carboxylic acids is 1. The van der Waals surface area contributed by atoms with E-state index in [-0.39, 0.29) is 24.4 Å². The fraction of sp³-hybridized carbons (Fsp3) is 0.667. The number of benzene rings is 1. The lowest BCUT2D eigenvalue weighted by molar-refractivity contribution is -0.136. The summed E-state index contributed by atoms with van der Waals surface area (Å²) in [6, 6.07) is 8.56. The van der Waals surface area contributed by atoms with E-state index in [9.17, 15) is 4.79 Å². The number of piperidine rings is 1. The summed E-state index contributed by atoms with van der Waals surface area (Å²) in [5.41, 5.74) is 1.58. The number of methoxy groups -OCH3 is 1. The van der Waals surface area contributed by atoms with Gasteiger partial charge in [0.2, 0.25) is 5.91 Å². The number of carbonyl (C=O) groups is 1. The summed E-state index contributed by atoms with van der Waals surface area (Å²) in [5.74, 6) is 1.57. The number of rotatable bonds is 3. The number of nitrogens with one attached hydrogen (secondary N) is 1. The Bertz CT molecular complexity index is 613. The molecule has 1 aliphatic carbocycles. The molecule has 1 spiro atoms. The largest absolute Gasteiger partial charge is 0.497 e. The van der Waals surface area contributed by atoms with E-state index < -0.39 is 0 Å². The van der Waals surface area contributed by atoms with Crippen LogP contribution in [0.2, 0.25) is 0 Å². The van der Waals surface area contributed by atoms with Gasteiger partial charge in [0, 0.05) is 12.5 Å². The maximum absolute atomic E-state index is 13.4. The second-order valence-electron chi connectivity index (χ2n) is 8.04. The third-order valence-corrected chi connectivity index (χ3v) is 6.62. The first-order valence-corrected chi connectivity index (χ1v) is 9.89. The highest BCUT2D eigenvalue weighted by molar-refractivity contribution is 5.85. The molecule has 5 heteroatoms. The highest BCUT2D eigenvalue weighted by atomic mass is 35.5. The van der Waals surface area contributed by atoms with Crippen LogP contribution >= 0.6 is 12.4 Å². The van der Waals surface area contributed by atoms with E-state index in [0.29, 0.717) is 11.3 Å². The first-order valence-electron chi connectivity index (χ1n) is 9.89. The van der Waals surface area contributed by atoms with Crippen LogP contribution in [0.3, 0.4) is 0 Å². The fourth-order valence-electron chi connectivity index (χ4n) is 4.92. The van der Waals surface area contributed by atoms with E-state index in [0.717, 1.165) is 44.6 Å². The zero-order valence-electron chi connectivity index (χ0n) is 15.7. The number of hydrogen-bond acceptors (Lipinski definition) is 3. The molecule has 1 aromatic rings. The van der Waals surface area contributed by atoms with Crippen LogP contribution in [0.15, 0.2) is 24.3 Å². The molecule has 1 aromatic carbocycles. The molecule has 2 atom stereocenters. The molecule has 4 rings (SSSR count). The van der Waals surface area contributed by atoms with Crippen molar-refractivity contribution >= 4 is 18.3 Å². The molecule has 0 aromatic heterocycles. The van der Waals surface area contributed by atoms with Crippen molar-refractivity contribution in [2.24, 2.45) is 11.3 Å². The van der Waals surface area contributed by atoms with Crippen LogP contribution in [-0.2, 0) is 4.79 Å². The van der Waals surface area contributed by atoms with E-state index in [1.165, 1.54) is 31.2 Å². The number of nitrogens with zero attached hydrogens (tertiary/aromatic N) is 1. The lowest BCUT2D eigenvalue weighted by atomic mass is 9.91. The van der Waals surface area contributed by atoms with Gasteiger partial charge in [0.1, 0.15) is 5.75 Å². The first kappa shape index (κ1) is 19.5. The van der Waals surface area contributed by atoms with Crippen molar-refractivity contribution in [3.63, 3.8) is 0 Å². The minimum atomic E-state index is 0. The van der Waals surface area contributed by atoms with E-state index in [2.05, 4.69) is 22.3 Å². The molecule has 2 aliphatic heterocycles. The topological polar surface area (TPSA) is 41.6 Å². The van der Waals surface area contributed by atoms with Crippen LogP contribution in [0.25, 0.3) is 0 Å². The van der Waals surface area contributed by atoms with Gasteiger partial charge < -0.3 is 15.0 Å². The SMILES string of the molecule is COc1ccc(C2CCCCCN2C(=O)C2CC23CCNCC3)cc1.Cl. The van der Waals surface area contributed by atoms with Gasteiger partial charge in [-0.3, -0.25) is 4.79 Å². The normalized spacial score (nSPS) is 27.3. The molecule has 0 bridgehead atoms. The second kappa shape index (κ2) is 8.18. The van der Waals surface area contributed by atoms with Gasteiger partial charge in [-0.1, -0.05) is 25.0 Å². The Hall–Kier alpha value is -1.26. The number of likely N-dealkylation sites (tertiary alicyclic amines) is 1. The molecule has 144 valence electrons. The molecular weight excluding hydrogens is 348 g/mol. The predicted molar refractivity (Wildman–Crippen MR) is 106 cm³/mol. The molecule has 26 heavy (non-hydrogen) atoms. The molecule has 2 saturated heterocycles. The van der Waals surface area contributed by atoms with Crippen molar-refractivity contribution in [1.29, 1.82) is 0 Å². The molecule has 0 radical (unpaired) electrons. The monoisotopic (exact) mass is 378 g/mol.